The number of carbonyl (C=O) groups excluding carboxylic acids is 1. The third kappa shape index (κ3) is 3.42. The maximum Gasteiger partial charge on any atom is 0.320 e. The molecule has 0 spiro atoms. The highest BCUT2D eigenvalue weighted by atomic mass is 31.2. The van der Waals surface area contributed by atoms with Gasteiger partial charge in [0.05, 0.1) is 19.0 Å². The predicted molar refractivity (Wildman–Crippen MR) is 107 cm³/mol. The Labute approximate surface area is 160 Å². The van der Waals surface area contributed by atoms with Gasteiger partial charge >= 0.3 is 6.03 Å². The first-order valence-electron chi connectivity index (χ1n) is 9.55. The molecule has 2 aliphatic rings. The maximum atomic E-state index is 14.6. The summed E-state index contributed by atoms with van der Waals surface area (Å²) < 4.78 is 20.0. The van der Waals surface area contributed by atoms with Gasteiger partial charge in [0.1, 0.15) is 0 Å². The fourth-order valence-electron chi connectivity index (χ4n) is 4.08. The molecule has 1 unspecified atom stereocenters. The topological polar surface area (TPSA) is 49.9 Å². The first-order valence-corrected chi connectivity index (χ1v) is 11.3. The first-order chi connectivity index (χ1) is 13.2. The quantitative estimate of drug-likeness (QED) is 0.765. The van der Waals surface area contributed by atoms with E-state index in [1.54, 1.807) is 0 Å². The molecule has 142 valence electrons. The van der Waals surface area contributed by atoms with E-state index in [-0.39, 0.29) is 11.8 Å². The highest BCUT2D eigenvalue weighted by Gasteiger charge is 2.45. The SMILES string of the molecule is O=C(N1CCOCC1)N1CCCC1P(=O)(c1ccccc1)c1ccccc1. The van der Waals surface area contributed by atoms with Crippen molar-refractivity contribution in [3.05, 3.63) is 60.7 Å². The molecule has 2 heterocycles. The smallest absolute Gasteiger partial charge is 0.320 e. The Hall–Kier alpha value is -2.10. The van der Waals surface area contributed by atoms with Crippen molar-refractivity contribution in [1.29, 1.82) is 0 Å². The predicted octanol–water partition coefficient (Wildman–Crippen LogP) is 2.87. The number of ether oxygens (including phenoxy) is 1. The lowest BCUT2D eigenvalue weighted by molar-refractivity contribution is 0.0442. The van der Waals surface area contributed by atoms with Crippen LogP contribution in [-0.4, -0.2) is 54.5 Å². The summed E-state index contributed by atoms with van der Waals surface area (Å²) >= 11 is 0. The molecule has 27 heavy (non-hydrogen) atoms. The van der Waals surface area contributed by atoms with Gasteiger partial charge < -0.3 is 19.1 Å². The van der Waals surface area contributed by atoms with Crippen LogP contribution in [0.3, 0.4) is 0 Å². The van der Waals surface area contributed by atoms with Crippen molar-refractivity contribution in [2.24, 2.45) is 0 Å². The molecule has 2 fully saturated rings. The van der Waals surface area contributed by atoms with E-state index >= 15 is 0 Å². The van der Waals surface area contributed by atoms with Crippen LogP contribution in [0.5, 0.6) is 0 Å². The van der Waals surface area contributed by atoms with Gasteiger partial charge in [0.25, 0.3) is 0 Å². The number of nitrogens with zero attached hydrogens (tertiary/aromatic N) is 2. The third-order valence-corrected chi connectivity index (χ3v) is 8.95. The fraction of sp³-hybridized carbons (Fsp3) is 0.381. The van der Waals surface area contributed by atoms with E-state index in [0.29, 0.717) is 32.8 Å². The number of likely N-dealkylation sites (tertiary alicyclic amines) is 1. The Morgan fingerprint density at radius 3 is 2.00 bits per heavy atom. The van der Waals surface area contributed by atoms with Crippen molar-refractivity contribution in [3.8, 4) is 0 Å². The zero-order chi connectivity index (χ0) is 18.7. The van der Waals surface area contributed by atoms with Crippen molar-refractivity contribution in [3.63, 3.8) is 0 Å². The second-order valence-electron chi connectivity index (χ2n) is 7.03. The van der Waals surface area contributed by atoms with E-state index in [1.807, 2.05) is 70.5 Å². The van der Waals surface area contributed by atoms with Crippen LogP contribution in [0.4, 0.5) is 4.79 Å². The zero-order valence-electron chi connectivity index (χ0n) is 15.4. The summed E-state index contributed by atoms with van der Waals surface area (Å²) in [5.74, 6) is -0.294. The molecule has 0 aliphatic carbocycles. The summed E-state index contributed by atoms with van der Waals surface area (Å²) in [7, 11) is -2.99. The number of hydrogen-bond acceptors (Lipinski definition) is 3. The van der Waals surface area contributed by atoms with Gasteiger partial charge in [0.2, 0.25) is 0 Å². The second-order valence-corrected chi connectivity index (χ2v) is 9.97. The number of hydrogen-bond donors (Lipinski definition) is 0. The van der Waals surface area contributed by atoms with Crippen LogP contribution in [0.1, 0.15) is 12.8 Å². The Balaban J connectivity index is 1.73. The van der Waals surface area contributed by atoms with E-state index < -0.39 is 7.14 Å². The molecule has 0 N–H and O–H groups in total. The van der Waals surface area contributed by atoms with Crippen molar-refractivity contribution in [2.75, 3.05) is 32.8 Å². The van der Waals surface area contributed by atoms with Crippen LogP contribution in [0, 0.1) is 0 Å². The monoisotopic (exact) mass is 384 g/mol. The van der Waals surface area contributed by atoms with Crippen LogP contribution in [-0.2, 0) is 9.30 Å². The summed E-state index contributed by atoms with van der Waals surface area (Å²) in [6, 6.07) is 19.3. The second kappa shape index (κ2) is 7.87. The summed E-state index contributed by atoms with van der Waals surface area (Å²) in [5, 5.41) is 1.64. The standard InChI is InChI=1S/C21H25N2O3P/c24-21(22-14-16-26-17-15-22)23-13-7-12-20(23)27(25,18-8-3-1-4-9-18)19-10-5-2-6-11-19/h1-6,8-11,20H,7,12-17H2. The number of benzene rings is 2. The average molecular weight is 384 g/mol. The Kier molecular flexibility index (Phi) is 5.33. The maximum absolute atomic E-state index is 14.6. The molecule has 2 aliphatic heterocycles. The van der Waals surface area contributed by atoms with Gasteiger partial charge in [-0.25, -0.2) is 4.79 Å². The molecule has 1 atom stereocenters. The molecule has 0 aromatic heterocycles. The lowest BCUT2D eigenvalue weighted by Gasteiger charge is -2.37. The molecule has 0 saturated carbocycles. The summed E-state index contributed by atoms with van der Waals surface area (Å²) in [6.07, 6.45) is 1.64. The molecular formula is C21H25N2O3P. The molecule has 2 amide bonds. The van der Waals surface area contributed by atoms with Gasteiger partial charge in [-0.2, -0.15) is 0 Å². The summed E-state index contributed by atoms with van der Waals surface area (Å²) in [5.41, 5.74) is 0. The molecule has 5 nitrogen and oxygen atoms in total. The highest BCUT2D eigenvalue weighted by Crippen LogP contribution is 2.53. The minimum Gasteiger partial charge on any atom is -0.378 e. The minimum atomic E-state index is -2.99. The van der Waals surface area contributed by atoms with Crippen molar-refractivity contribution >= 4 is 23.8 Å². The van der Waals surface area contributed by atoms with Crippen LogP contribution in [0.25, 0.3) is 0 Å². The van der Waals surface area contributed by atoms with Gasteiger partial charge in [-0.05, 0) is 12.8 Å². The van der Waals surface area contributed by atoms with Gasteiger partial charge in [0, 0.05) is 30.2 Å². The molecule has 2 saturated heterocycles. The summed E-state index contributed by atoms with van der Waals surface area (Å²) in [4.78, 5) is 16.9. The van der Waals surface area contributed by atoms with Crippen LogP contribution in [0.15, 0.2) is 60.7 Å². The molecule has 0 bridgehead atoms. The average Bonchev–Trinajstić information content (AvgIpc) is 3.25. The molecule has 6 heteroatoms. The van der Waals surface area contributed by atoms with Crippen LogP contribution < -0.4 is 10.6 Å². The van der Waals surface area contributed by atoms with E-state index in [2.05, 4.69) is 0 Å². The number of rotatable bonds is 3. The molecule has 0 radical (unpaired) electrons. The molecule has 2 aromatic rings. The van der Waals surface area contributed by atoms with Crippen LogP contribution in [0.2, 0.25) is 0 Å². The largest absolute Gasteiger partial charge is 0.378 e. The molecule has 4 rings (SSSR count). The zero-order valence-corrected chi connectivity index (χ0v) is 16.3. The Morgan fingerprint density at radius 1 is 0.889 bits per heavy atom. The lowest BCUT2D eigenvalue weighted by Crippen LogP contribution is -2.50. The highest BCUT2D eigenvalue weighted by molar-refractivity contribution is 7.79. The first kappa shape index (κ1) is 18.3. The van der Waals surface area contributed by atoms with Crippen molar-refractivity contribution in [1.82, 2.24) is 9.80 Å². The van der Waals surface area contributed by atoms with Crippen molar-refractivity contribution in [2.45, 2.75) is 18.6 Å². The van der Waals surface area contributed by atoms with Gasteiger partial charge in [-0.3, -0.25) is 0 Å². The lowest BCUT2D eigenvalue weighted by atomic mass is 10.4. The molecule has 2 aromatic carbocycles. The van der Waals surface area contributed by atoms with Crippen LogP contribution >= 0.6 is 7.14 Å². The Morgan fingerprint density at radius 2 is 1.44 bits per heavy atom. The number of urea groups is 1. The van der Waals surface area contributed by atoms with E-state index in [0.717, 1.165) is 23.5 Å². The van der Waals surface area contributed by atoms with Gasteiger partial charge in [-0.1, -0.05) is 60.7 Å². The third-order valence-electron chi connectivity index (χ3n) is 5.45. The van der Waals surface area contributed by atoms with Gasteiger partial charge in [0.15, 0.2) is 7.14 Å². The summed E-state index contributed by atoms with van der Waals surface area (Å²) in [6.45, 7) is 3.00. The number of carbonyl (C=O) groups is 1. The van der Waals surface area contributed by atoms with E-state index in [9.17, 15) is 9.36 Å². The van der Waals surface area contributed by atoms with E-state index in [1.165, 1.54) is 0 Å². The minimum absolute atomic E-state index is 0.00659. The Bertz CT molecular complexity index is 778. The van der Waals surface area contributed by atoms with Crippen molar-refractivity contribution < 1.29 is 14.1 Å². The normalized spacial score (nSPS) is 20.7. The number of morpholine rings is 1. The van der Waals surface area contributed by atoms with E-state index in [4.69, 9.17) is 4.74 Å². The fourth-order valence-corrected chi connectivity index (χ4v) is 7.45. The van der Waals surface area contributed by atoms with Gasteiger partial charge in [-0.15, -0.1) is 0 Å². The molecular weight excluding hydrogens is 359 g/mol. The number of amides is 2.